The number of aliphatic hydroxyl groups is 2. The Labute approximate surface area is 99.1 Å². The quantitative estimate of drug-likeness (QED) is 0.423. The van der Waals surface area contributed by atoms with E-state index in [4.69, 9.17) is 14.9 Å². The smallest absolute Gasteiger partial charge is 0.104 e. The molecular weight excluding hydrogens is 204 g/mol. The number of aliphatic hydroxyl groups excluding tert-OH is 2. The molecule has 3 heteroatoms. The Morgan fingerprint density at radius 2 is 1.69 bits per heavy atom. The molecule has 16 heavy (non-hydrogen) atoms. The normalized spacial score (nSPS) is 11.8. The van der Waals surface area contributed by atoms with Gasteiger partial charge < -0.3 is 14.9 Å². The molecule has 0 rings (SSSR count). The molecule has 0 spiro atoms. The van der Waals surface area contributed by atoms with Crippen LogP contribution in [0.15, 0.2) is 12.2 Å². The van der Waals surface area contributed by atoms with E-state index in [1.807, 2.05) is 0 Å². The van der Waals surface area contributed by atoms with Gasteiger partial charge in [-0.1, -0.05) is 31.9 Å². The van der Waals surface area contributed by atoms with Crippen LogP contribution in [0.2, 0.25) is 0 Å². The summed E-state index contributed by atoms with van der Waals surface area (Å²) in [4.78, 5) is 0. The lowest BCUT2D eigenvalue weighted by Gasteiger charge is -2.11. The highest BCUT2D eigenvalue weighted by Crippen LogP contribution is 2.05. The van der Waals surface area contributed by atoms with Crippen LogP contribution in [0, 0.1) is 0 Å². The highest BCUT2D eigenvalue weighted by molar-refractivity contribution is 4.79. The molecule has 3 nitrogen and oxygen atoms in total. The summed E-state index contributed by atoms with van der Waals surface area (Å²) in [5.74, 6) is 0. The van der Waals surface area contributed by atoms with Crippen LogP contribution in [0.5, 0.6) is 0 Å². The molecule has 0 aromatic heterocycles. The average Bonchev–Trinajstić information content (AvgIpc) is 2.32. The van der Waals surface area contributed by atoms with Crippen LogP contribution < -0.4 is 0 Å². The molecule has 0 aliphatic carbocycles. The second kappa shape index (κ2) is 12.7. The second-order valence-electron chi connectivity index (χ2n) is 3.94. The lowest BCUT2D eigenvalue weighted by molar-refractivity contribution is -0.0208. The third kappa shape index (κ3) is 10.1. The Bertz CT molecular complexity index is 153. The van der Waals surface area contributed by atoms with Gasteiger partial charge in [0.05, 0.1) is 13.2 Å². The Morgan fingerprint density at radius 3 is 2.31 bits per heavy atom. The van der Waals surface area contributed by atoms with Crippen molar-refractivity contribution in [3.8, 4) is 0 Å². The summed E-state index contributed by atoms with van der Waals surface area (Å²) in [6.07, 6.45) is 11.0. The molecule has 0 fully saturated rings. The van der Waals surface area contributed by atoms with Gasteiger partial charge in [0.15, 0.2) is 0 Å². The highest BCUT2D eigenvalue weighted by atomic mass is 16.5. The maximum atomic E-state index is 8.76. The molecule has 0 saturated heterocycles. The Balaban J connectivity index is 3.12. The monoisotopic (exact) mass is 230 g/mol. The molecule has 0 aromatic rings. The van der Waals surface area contributed by atoms with Crippen molar-refractivity contribution in [2.45, 2.75) is 51.6 Å². The Hall–Kier alpha value is -0.380. The van der Waals surface area contributed by atoms with Gasteiger partial charge in [0.2, 0.25) is 0 Å². The molecule has 0 atom stereocenters. The van der Waals surface area contributed by atoms with E-state index < -0.39 is 6.10 Å². The first-order valence-corrected chi connectivity index (χ1v) is 6.33. The summed E-state index contributed by atoms with van der Waals surface area (Å²) in [7, 11) is 0. The number of hydrogen-bond donors (Lipinski definition) is 2. The molecule has 0 unspecified atom stereocenters. The molecule has 0 bridgehead atoms. The van der Waals surface area contributed by atoms with E-state index in [0.717, 1.165) is 19.3 Å². The molecule has 2 N–H and O–H groups in total. The minimum atomic E-state index is -0.396. The summed E-state index contributed by atoms with van der Waals surface area (Å²) < 4.78 is 5.27. The third-order valence-electron chi connectivity index (χ3n) is 2.43. The zero-order valence-corrected chi connectivity index (χ0v) is 10.4. The fraction of sp³-hybridized carbons (Fsp3) is 0.846. The molecule has 96 valence electrons. The maximum absolute atomic E-state index is 8.76. The summed E-state index contributed by atoms with van der Waals surface area (Å²) >= 11 is 0. The molecule has 0 aliphatic rings. The van der Waals surface area contributed by atoms with Crippen LogP contribution in [0.25, 0.3) is 0 Å². The van der Waals surface area contributed by atoms with Crippen LogP contribution in [0.1, 0.15) is 45.4 Å². The van der Waals surface area contributed by atoms with Gasteiger partial charge in [-0.3, -0.25) is 0 Å². The number of hydrogen-bond acceptors (Lipinski definition) is 3. The van der Waals surface area contributed by atoms with Crippen LogP contribution in [-0.2, 0) is 4.74 Å². The van der Waals surface area contributed by atoms with E-state index >= 15 is 0 Å². The van der Waals surface area contributed by atoms with E-state index in [1.54, 1.807) is 0 Å². The van der Waals surface area contributed by atoms with Crippen LogP contribution in [-0.4, -0.2) is 36.1 Å². The van der Waals surface area contributed by atoms with Gasteiger partial charge in [-0.05, 0) is 25.7 Å². The second-order valence-corrected chi connectivity index (χ2v) is 3.94. The zero-order chi connectivity index (χ0) is 12.1. The predicted molar refractivity (Wildman–Crippen MR) is 66.4 cm³/mol. The van der Waals surface area contributed by atoms with Crippen LogP contribution >= 0.6 is 0 Å². The first-order chi connectivity index (χ1) is 7.85. The Morgan fingerprint density at radius 1 is 1.00 bits per heavy atom. The van der Waals surface area contributed by atoms with Gasteiger partial charge in [-0.25, -0.2) is 0 Å². The fourth-order valence-electron chi connectivity index (χ4n) is 1.42. The van der Waals surface area contributed by atoms with E-state index in [9.17, 15) is 0 Å². The van der Waals surface area contributed by atoms with E-state index in [-0.39, 0.29) is 13.2 Å². The van der Waals surface area contributed by atoms with Crippen LogP contribution in [0.4, 0.5) is 0 Å². The SMILES string of the molecule is CC/C=C/CCCCCCOC(CO)CO. The van der Waals surface area contributed by atoms with Gasteiger partial charge in [0.1, 0.15) is 6.10 Å². The topological polar surface area (TPSA) is 49.7 Å². The maximum Gasteiger partial charge on any atom is 0.104 e. The van der Waals surface area contributed by atoms with Gasteiger partial charge in [-0.2, -0.15) is 0 Å². The van der Waals surface area contributed by atoms with Crippen LogP contribution in [0.3, 0.4) is 0 Å². The number of allylic oxidation sites excluding steroid dienone is 2. The molecule has 0 amide bonds. The van der Waals surface area contributed by atoms with E-state index in [1.165, 1.54) is 19.3 Å². The first-order valence-electron chi connectivity index (χ1n) is 6.33. The lowest BCUT2D eigenvalue weighted by atomic mass is 10.1. The average molecular weight is 230 g/mol. The number of unbranched alkanes of at least 4 members (excludes halogenated alkanes) is 4. The van der Waals surface area contributed by atoms with Gasteiger partial charge >= 0.3 is 0 Å². The van der Waals surface area contributed by atoms with Crippen molar-refractivity contribution in [2.75, 3.05) is 19.8 Å². The third-order valence-corrected chi connectivity index (χ3v) is 2.43. The highest BCUT2D eigenvalue weighted by Gasteiger charge is 2.04. The van der Waals surface area contributed by atoms with Crippen molar-refractivity contribution in [1.82, 2.24) is 0 Å². The van der Waals surface area contributed by atoms with Crippen molar-refractivity contribution < 1.29 is 14.9 Å². The molecule has 0 aliphatic heterocycles. The minimum Gasteiger partial charge on any atom is -0.394 e. The summed E-state index contributed by atoms with van der Waals surface area (Å²) in [5.41, 5.74) is 0. The van der Waals surface area contributed by atoms with E-state index in [2.05, 4.69) is 19.1 Å². The van der Waals surface area contributed by atoms with Crippen molar-refractivity contribution in [3.63, 3.8) is 0 Å². The van der Waals surface area contributed by atoms with Crippen molar-refractivity contribution >= 4 is 0 Å². The van der Waals surface area contributed by atoms with Crippen molar-refractivity contribution in [2.24, 2.45) is 0 Å². The number of ether oxygens (including phenoxy) is 1. The standard InChI is InChI=1S/C13H26O3/c1-2-3-4-5-6-7-8-9-10-16-13(11-14)12-15/h3-4,13-15H,2,5-12H2,1H3/b4-3+. The summed E-state index contributed by atoms with van der Waals surface area (Å²) in [6.45, 7) is 2.58. The van der Waals surface area contributed by atoms with Gasteiger partial charge in [-0.15, -0.1) is 0 Å². The molecule has 0 aromatic carbocycles. The summed E-state index contributed by atoms with van der Waals surface area (Å²) in [5, 5.41) is 17.5. The zero-order valence-electron chi connectivity index (χ0n) is 10.4. The molecular formula is C13H26O3. The largest absolute Gasteiger partial charge is 0.394 e. The van der Waals surface area contributed by atoms with Gasteiger partial charge in [0.25, 0.3) is 0 Å². The fourth-order valence-corrected chi connectivity index (χ4v) is 1.42. The summed E-state index contributed by atoms with van der Waals surface area (Å²) in [6, 6.07) is 0. The molecule has 0 heterocycles. The molecule has 0 saturated carbocycles. The first kappa shape index (κ1) is 15.6. The Kier molecular flexibility index (Phi) is 12.4. The van der Waals surface area contributed by atoms with E-state index in [0.29, 0.717) is 6.61 Å². The minimum absolute atomic E-state index is 0.0989. The van der Waals surface area contributed by atoms with Crippen molar-refractivity contribution in [1.29, 1.82) is 0 Å². The number of rotatable bonds is 11. The molecule has 0 radical (unpaired) electrons. The van der Waals surface area contributed by atoms with Gasteiger partial charge in [0, 0.05) is 6.61 Å². The lowest BCUT2D eigenvalue weighted by Crippen LogP contribution is -2.22. The predicted octanol–water partition coefficient (Wildman–Crippen LogP) is 2.27. The van der Waals surface area contributed by atoms with Crippen molar-refractivity contribution in [3.05, 3.63) is 12.2 Å².